The predicted molar refractivity (Wildman–Crippen MR) is 112 cm³/mol. The Morgan fingerprint density at radius 2 is 1.62 bits per heavy atom. The largest absolute Gasteiger partial charge is 0.497 e. The lowest BCUT2D eigenvalue weighted by molar-refractivity contribution is 0.0916. The van der Waals surface area contributed by atoms with Gasteiger partial charge in [0.1, 0.15) is 22.9 Å². The Balaban J connectivity index is 1.78. The molecule has 2 aromatic heterocycles. The molecule has 0 aliphatic heterocycles. The van der Waals surface area contributed by atoms with E-state index in [0.717, 1.165) is 16.6 Å². The summed E-state index contributed by atoms with van der Waals surface area (Å²) in [5.41, 5.74) is 3.08. The van der Waals surface area contributed by atoms with E-state index < -0.39 is 0 Å². The molecule has 146 valence electrons. The standard InChI is InChI=1S/C24H21NO4/c1-27-19-11-12-20(23(15-19)28-2)21-14-17-8-6-7-13-25(17)24(21)22(26)16-29-18-9-4-3-5-10-18/h3-15H,16H2,1-2H3. The molecule has 0 saturated carbocycles. The molecule has 0 N–H and O–H groups in total. The van der Waals surface area contributed by atoms with Crippen LogP contribution in [-0.4, -0.2) is 31.0 Å². The first-order valence-corrected chi connectivity index (χ1v) is 9.25. The van der Waals surface area contributed by atoms with Gasteiger partial charge in [-0.1, -0.05) is 24.3 Å². The molecule has 0 aliphatic carbocycles. The number of aromatic nitrogens is 1. The van der Waals surface area contributed by atoms with Crippen molar-refractivity contribution in [2.45, 2.75) is 0 Å². The van der Waals surface area contributed by atoms with E-state index in [1.165, 1.54) is 0 Å². The molecule has 2 aromatic carbocycles. The van der Waals surface area contributed by atoms with Gasteiger partial charge >= 0.3 is 0 Å². The number of fused-ring (bicyclic) bond motifs is 1. The van der Waals surface area contributed by atoms with Crippen molar-refractivity contribution in [1.82, 2.24) is 4.40 Å². The number of hydrogen-bond acceptors (Lipinski definition) is 4. The second kappa shape index (κ2) is 8.10. The van der Waals surface area contributed by atoms with Crippen molar-refractivity contribution in [3.8, 4) is 28.4 Å². The smallest absolute Gasteiger partial charge is 0.217 e. The van der Waals surface area contributed by atoms with Gasteiger partial charge in [-0.15, -0.1) is 0 Å². The van der Waals surface area contributed by atoms with Crippen LogP contribution >= 0.6 is 0 Å². The summed E-state index contributed by atoms with van der Waals surface area (Å²) in [7, 11) is 3.21. The lowest BCUT2D eigenvalue weighted by Crippen LogP contribution is -2.14. The second-order valence-electron chi connectivity index (χ2n) is 6.49. The van der Waals surface area contributed by atoms with Gasteiger partial charge in [0, 0.05) is 28.9 Å². The lowest BCUT2D eigenvalue weighted by atomic mass is 10.0. The molecule has 4 rings (SSSR count). The molecular formula is C24H21NO4. The van der Waals surface area contributed by atoms with E-state index in [1.807, 2.05) is 83.4 Å². The van der Waals surface area contributed by atoms with E-state index in [4.69, 9.17) is 14.2 Å². The van der Waals surface area contributed by atoms with Crippen LogP contribution in [0.3, 0.4) is 0 Å². The van der Waals surface area contributed by atoms with Crippen molar-refractivity contribution < 1.29 is 19.0 Å². The summed E-state index contributed by atoms with van der Waals surface area (Å²) in [6.45, 7) is -0.0590. The number of ketones is 1. The van der Waals surface area contributed by atoms with Crippen LogP contribution in [0, 0.1) is 0 Å². The average molecular weight is 387 g/mol. The molecule has 0 aliphatic rings. The molecule has 2 heterocycles. The summed E-state index contributed by atoms with van der Waals surface area (Å²) in [6, 6.07) is 22.7. The summed E-state index contributed by atoms with van der Waals surface area (Å²) in [4.78, 5) is 13.2. The van der Waals surface area contributed by atoms with Crippen molar-refractivity contribution in [2.75, 3.05) is 20.8 Å². The van der Waals surface area contributed by atoms with Gasteiger partial charge < -0.3 is 18.6 Å². The van der Waals surface area contributed by atoms with Crippen LogP contribution in [0.25, 0.3) is 16.6 Å². The summed E-state index contributed by atoms with van der Waals surface area (Å²) in [5.74, 6) is 1.87. The van der Waals surface area contributed by atoms with Crippen LogP contribution in [0.1, 0.15) is 10.5 Å². The maximum atomic E-state index is 13.2. The second-order valence-corrected chi connectivity index (χ2v) is 6.49. The molecule has 0 bridgehead atoms. The summed E-state index contributed by atoms with van der Waals surface area (Å²) in [6.07, 6.45) is 1.88. The van der Waals surface area contributed by atoms with E-state index in [2.05, 4.69) is 0 Å². The third-order valence-corrected chi connectivity index (χ3v) is 4.76. The Hall–Kier alpha value is -3.73. The highest BCUT2D eigenvalue weighted by atomic mass is 16.5. The summed E-state index contributed by atoms with van der Waals surface area (Å²) < 4.78 is 18.5. The molecule has 29 heavy (non-hydrogen) atoms. The van der Waals surface area contributed by atoms with E-state index in [0.29, 0.717) is 22.9 Å². The normalized spacial score (nSPS) is 10.7. The SMILES string of the molecule is COc1ccc(-c2cc3ccccn3c2C(=O)COc2ccccc2)c(OC)c1. The molecule has 5 nitrogen and oxygen atoms in total. The van der Waals surface area contributed by atoms with Gasteiger partial charge in [-0.05, 0) is 42.5 Å². The van der Waals surface area contributed by atoms with Crippen LogP contribution in [0.5, 0.6) is 17.2 Å². The van der Waals surface area contributed by atoms with Crippen LogP contribution in [0.2, 0.25) is 0 Å². The first-order valence-electron chi connectivity index (χ1n) is 9.25. The first kappa shape index (κ1) is 18.6. The maximum absolute atomic E-state index is 13.2. The third-order valence-electron chi connectivity index (χ3n) is 4.76. The number of para-hydroxylation sites is 1. The van der Waals surface area contributed by atoms with Crippen LogP contribution in [0.4, 0.5) is 0 Å². The number of nitrogens with zero attached hydrogens (tertiary/aromatic N) is 1. The number of carbonyl (C=O) groups is 1. The molecule has 0 spiro atoms. The van der Waals surface area contributed by atoms with Crippen LogP contribution in [-0.2, 0) is 0 Å². The van der Waals surface area contributed by atoms with Crippen molar-refractivity contribution in [2.24, 2.45) is 0 Å². The lowest BCUT2D eigenvalue weighted by Gasteiger charge is -2.12. The van der Waals surface area contributed by atoms with Gasteiger partial charge in [-0.25, -0.2) is 0 Å². The Bertz CT molecular complexity index is 1150. The van der Waals surface area contributed by atoms with E-state index in [1.54, 1.807) is 14.2 Å². The zero-order valence-electron chi connectivity index (χ0n) is 16.3. The Kier molecular flexibility index (Phi) is 5.20. The van der Waals surface area contributed by atoms with E-state index >= 15 is 0 Å². The number of carbonyl (C=O) groups excluding carboxylic acids is 1. The highest BCUT2D eigenvalue weighted by molar-refractivity contribution is 6.04. The number of rotatable bonds is 7. The Labute approximate surface area is 169 Å². The van der Waals surface area contributed by atoms with Crippen LogP contribution in [0.15, 0.2) is 79.0 Å². The summed E-state index contributed by atoms with van der Waals surface area (Å²) in [5, 5.41) is 0. The fourth-order valence-corrected chi connectivity index (χ4v) is 3.37. The van der Waals surface area contributed by atoms with E-state index in [9.17, 15) is 4.79 Å². The zero-order valence-corrected chi connectivity index (χ0v) is 16.3. The highest BCUT2D eigenvalue weighted by Gasteiger charge is 2.21. The molecule has 0 saturated heterocycles. The third kappa shape index (κ3) is 3.67. The van der Waals surface area contributed by atoms with Crippen molar-refractivity contribution in [3.05, 3.63) is 84.7 Å². The average Bonchev–Trinajstić information content (AvgIpc) is 3.17. The molecule has 0 unspecified atom stereocenters. The maximum Gasteiger partial charge on any atom is 0.217 e. The highest BCUT2D eigenvalue weighted by Crippen LogP contribution is 2.37. The number of ether oxygens (including phenoxy) is 3. The van der Waals surface area contributed by atoms with Crippen LogP contribution < -0.4 is 14.2 Å². The number of pyridine rings is 1. The monoisotopic (exact) mass is 387 g/mol. The zero-order chi connectivity index (χ0) is 20.2. The Morgan fingerprint density at radius 3 is 2.38 bits per heavy atom. The van der Waals surface area contributed by atoms with Crippen molar-refractivity contribution in [3.63, 3.8) is 0 Å². The van der Waals surface area contributed by atoms with E-state index in [-0.39, 0.29) is 12.4 Å². The molecular weight excluding hydrogens is 366 g/mol. The van der Waals surface area contributed by atoms with Gasteiger partial charge in [0.15, 0.2) is 6.61 Å². The first-order chi connectivity index (χ1) is 14.2. The van der Waals surface area contributed by atoms with Gasteiger partial charge in [0.25, 0.3) is 0 Å². The number of hydrogen-bond donors (Lipinski definition) is 0. The number of methoxy groups -OCH3 is 2. The van der Waals surface area contributed by atoms with Crippen molar-refractivity contribution >= 4 is 11.3 Å². The Morgan fingerprint density at radius 1 is 0.828 bits per heavy atom. The van der Waals surface area contributed by atoms with Gasteiger partial charge in [-0.3, -0.25) is 4.79 Å². The molecule has 5 heteroatoms. The fraction of sp³-hybridized carbons (Fsp3) is 0.125. The number of benzene rings is 2. The fourth-order valence-electron chi connectivity index (χ4n) is 3.37. The minimum absolute atomic E-state index is 0.0590. The minimum Gasteiger partial charge on any atom is -0.497 e. The minimum atomic E-state index is -0.118. The quantitative estimate of drug-likeness (QED) is 0.424. The molecule has 0 radical (unpaired) electrons. The molecule has 0 fully saturated rings. The molecule has 0 atom stereocenters. The molecule has 4 aromatic rings. The topological polar surface area (TPSA) is 49.2 Å². The summed E-state index contributed by atoms with van der Waals surface area (Å²) >= 11 is 0. The van der Waals surface area contributed by atoms with Gasteiger partial charge in [0.05, 0.1) is 14.2 Å². The predicted octanol–water partition coefficient (Wildman–Crippen LogP) is 4.89. The number of Topliss-reactive ketones (excluding diaryl/α,β-unsaturated/α-hetero) is 1. The molecule has 0 amide bonds. The van der Waals surface area contributed by atoms with Crippen molar-refractivity contribution in [1.29, 1.82) is 0 Å². The van der Waals surface area contributed by atoms with Gasteiger partial charge in [0.2, 0.25) is 5.78 Å². The van der Waals surface area contributed by atoms with Gasteiger partial charge in [-0.2, -0.15) is 0 Å².